The van der Waals surface area contributed by atoms with Crippen molar-refractivity contribution in [1.29, 1.82) is 0 Å². The Labute approximate surface area is 215 Å². The van der Waals surface area contributed by atoms with Crippen molar-refractivity contribution in [3.8, 4) is 17.2 Å². The Kier molecular flexibility index (Phi) is 7.73. The van der Waals surface area contributed by atoms with Gasteiger partial charge in [-0.05, 0) is 49.8 Å². The summed E-state index contributed by atoms with van der Waals surface area (Å²) in [5.74, 6) is -1.25. The van der Waals surface area contributed by atoms with E-state index in [9.17, 15) is 19.8 Å². The number of amides is 1. The van der Waals surface area contributed by atoms with Gasteiger partial charge in [0.05, 0.1) is 25.3 Å². The first-order valence-corrected chi connectivity index (χ1v) is 12.4. The predicted octanol–water partition coefficient (Wildman–Crippen LogP) is 4.47. The molecule has 4 rings (SSSR count). The number of furan rings is 1. The van der Waals surface area contributed by atoms with E-state index < -0.39 is 23.5 Å². The van der Waals surface area contributed by atoms with E-state index in [0.717, 1.165) is 13.1 Å². The minimum absolute atomic E-state index is 0.0201. The zero-order valence-electron chi connectivity index (χ0n) is 21.5. The average molecular weight is 509 g/mol. The van der Waals surface area contributed by atoms with Crippen LogP contribution in [0.4, 0.5) is 0 Å². The number of benzene rings is 2. The summed E-state index contributed by atoms with van der Waals surface area (Å²) in [5.41, 5.74) is 0.835. The molecule has 1 aliphatic heterocycles. The van der Waals surface area contributed by atoms with Gasteiger partial charge in [0.2, 0.25) is 5.78 Å². The molecule has 1 aliphatic rings. The molecule has 9 nitrogen and oxygen atoms in total. The van der Waals surface area contributed by atoms with Crippen LogP contribution in [0.15, 0.2) is 58.2 Å². The summed E-state index contributed by atoms with van der Waals surface area (Å²) in [5, 5.41) is 21.9. The third kappa shape index (κ3) is 4.86. The number of ketones is 1. The molecule has 0 aliphatic carbocycles. The number of nitrogens with zero attached hydrogens (tertiary/aromatic N) is 2. The van der Waals surface area contributed by atoms with Crippen LogP contribution in [-0.4, -0.2) is 71.6 Å². The second kappa shape index (κ2) is 11.0. The smallest absolute Gasteiger partial charge is 0.290 e. The largest absolute Gasteiger partial charge is 0.504 e. The first-order valence-electron chi connectivity index (χ1n) is 12.4. The Hall–Kier alpha value is -3.98. The van der Waals surface area contributed by atoms with E-state index in [2.05, 4.69) is 4.90 Å². The van der Waals surface area contributed by atoms with Crippen LogP contribution in [0.3, 0.4) is 0 Å². The van der Waals surface area contributed by atoms with Crippen molar-refractivity contribution in [3.63, 3.8) is 0 Å². The molecule has 3 aromatic rings. The van der Waals surface area contributed by atoms with Crippen LogP contribution < -0.4 is 9.47 Å². The number of phenolic OH excluding ortho intramolecular Hbond substituents is 1. The number of aromatic hydroxyl groups is 1. The SMILES string of the molecule is CCOc1cc(C2C(C(=O)c3cc4cccc(OC)c4o3)=C(O)C(=O)N2CCN(CC)CC)ccc1O. The summed E-state index contributed by atoms with van der Waals surface area (Å²) in [4.78, 5) is 30.7. The number of aliphatic hydroxyl groups is 1. The van der Waals surface area contributed by atoms with Crippen molar-refractivity contribution in [2.75, 3.05) is 39.9 Å². The maximum atomic E-state index is 13.8. The number of methoxy groups -OCH3 is 1. The minimum Gasteiger partial charge on any atom is -0.504 e. The minimum atomic E-state index is -0.898. The van der Waals surface area contributed by atoms with Crippen molar-refractivity contribution in [2.24, 2.45) is 0 Å². The number of phenols is 1. The number of hydrogen-bond acceptors (Lipinski definition) is 8. The van der Waals surface area contributed by atoms with E-state index in [1.165, 1.54) is 18.1 Å². The number of aliphatic hydroxyl groups excluding tert-OH is 1. The second-order valence-electron chi connectivity index (χ2n) is 8.67. The van der Waals surface area contributed by atoms with E-state index in [1.807, 2.05) is 13.8 Å². The van der Waals surface area contributed by atoms with E-state index >= 15 is 0 Å². The second-order valence-corrected chi connectivity index (χ2v) is 8.67. The zero-order chi connectivity index (χ0) is 26.7. The first-order chi connectivity index (χ1) is 17.8. The number of carbonyl (C=O) groups is 2. The van der Waals surface area contributed by atoms with E-state index in [-0.39, 0.29) is 29.4 Å². The fraction of sp³-hybridized carbons (Fsp3) is 0.357. The summed E-state index contributed by atoms with van der Waals surface area (Å²) in [6, 6.07) is 10.6. The number of hydrogen-bond donors (Lipinski definition) is 2. The summed E-state index contributed by atoms with van der Waals surface area (Å²) < 4.78 is 16.7. The molecule has 2 N–H and O–H groups in total. The maximum absolute atomic E-state index is 13.8. The molecule has 2 aromatic carbocycles. The lowest BCUT2D eigenvalue weighted by Gasteiger charge is -2.29. The average Bonchev–Trinajstić information content (AvgIpc) is 3.45. The molecule has 37 heavy (non-hydrogen) atoms. The first kappa shape index (κ1) is 26.1. The molecule has 9 heteroatoms. The van der Waals surface area contributed by atoms with Crippen LogP contribution in [0.2, 0.25) is 0 Å². The van der Waals surface area contributed by atoms with E-state index in [0.29, 0.717) is 35.4 Å². The summed E-state index contributed by atoms with van der Waals surface area (Å²) in [6.45, 7) is 8.60. The molecular weight excluding hydrogens is 476 g/mol. The number of fused-ring (bicyclic) bond motifs is 1. The number of carbonyl (C=O) groups excluding carboxylic acids is 2. The molecule has 2 heterocycles. The Bertz CT molecular complexity index is 1340. The monoisotopic (exact) mass is 508 g/mol. The highest BCUT2D eigenvalue weighted by Gasteiger charge is 2.44. The Morgan fingerprint density at radius 1 is 1.08 bits per heavy atom. The van der Waals surface area contributed by atoms with E-state index in [4.69, 9.17) is 13.9 Å². The number of likely N-dealkylation sites (N-methyl/N-ethyl adjacent to an activating group) is 1. The van der Waals surface area contributed by atoms with Crippen molar-refractivity contribution in [3.05, 3.63) is 65.1 Å². The summed E-state index contributed by atoms with van der Waals surface area (Å²) in [6.07, 6.45) is 0. The van der Waals surface area contributed by atoms with Crippen LogP contribution in [0.25, 0.3) is 11.0 Å². The van der Waals surface area contributed by atoms with Gasteiger partial charge in [-0.3, -0.25) is 9.59 Å². The topological polar surface area (TPSA) is 113 Å². The molecule has 0 radical (unpaired) electrons. The normalized spacial score (nSPS) is 15.8. The fourth-order valence-electron chi connectivity index (χ4n) is 4.67. The molecule has 0 spiro atoms. The van der Waals surface area contributed by atoms with Gasteiger partial charge in [0.1, 0.15) is 0 Å². The van der Waals surface area contributed by atoms with Gasteiger partial charge in [-0.25, -0.2) is 0 Å². The zero-order valence-corrected chi connectivity index (χ0v) is 21.5. The van der Waals surface area contributed by atoms with Crippen LogP contribution in [0.1, 0.15) is 42.9 Å². The Morgan fingerprint density at radius 3 is 2.51 bits per heavy atom. The molecule has 0 bridgehead atoms. The lowest BCUT2D eigenvalue weighted by Crippen LogP contribution is -2.38. The third-order valence-corrected chi connectivity index (χ3v) is 6.65. The highest BCUT2D eigenvalue weighted by Crippen LogP contribution is 2.42. The lowest BCUT2D eigenvalue weighted by atomic mass is 9.94. The third-order valence-electron chi connectivity index (χ3n) is 6.65. The van der Waals surface area contributed by atoms with Crippen molar-refractivity contribution < 1.29 is 33.7 Å². The number of rotatable bonds is 11. The Balaban J connectivity index is 1.80. The molecule has 1 aromatic heterocycles. The quantitative estimate of drug-likeness (QED) is 0.365. The lowest BCUT2D eigenvalue weighted by molar-refractivity contribution is -0.129. The highest BCUT2D eigenvalue weighted by molar-refractivity contribution is 6.16. The molecule has 0 saturated heterocycles. The van der Waals surface area contributed by atoms with Crippen LogP contribution >= 0.6 is 0 Å². The van der Waals surface area contributed by atoms with Gasteiger partial charge in [0.15, 0.2) is 34.4 Å². The standard InChI is InChI=1S/C28H32N2O7/c1-5-29(6-2)13-14-30-24(17-11-12-19(31)21(15-17)36-7-3)23(26(33)28(30)34)25(32)22-16-18-9-8-10-20(35-4)27(18)37-22/h8-12,15-16,24,31,33H,5-7,13-14H2,1-4H3. The van der Waals surface area contributed by atoms with Crippen LogP contribution in [0.5, 0.6) is 17.2 Å². The van der Waals surface area contributed by atoms with Gasteiger partial charge >= 0.3 is 0 Å². The Morgan fingerprint density at radius 2 is 1.84 bits per heavy atom. The van der Waals surface area contributed by atoms with Crippen LogP contribution in [0, 0.1) is 0 Å². The molecule has 1 atom stereocenters. The molecular formula is C28H32N2O7. The molecule has 0 fully saturated rings. The van der Waals surface area contributed by atoms with Gasteiger partial charge in [0, 0.05) is 18.5 Å². The van der Waals surface area contributed by atoms with Crippen molar-refractivity contribution >= 4 is 22.7 Å². The van der Waals surface area contributed by atoms with E-state index in [1.54, 1.807) is 43.3 Å². The summed E-state index contributed by atoms with van der Waals surface area (Å²) >= 11 is 0. The number of para-hydroxylation sites is 1. The highest BCUT2D eigenvalue weighted by atomic mass is 16.5. The molecule has 196 valence electrons. The van der Waals surface area contributed by atoms with Crippen LogP contribution in [-0.2, 0) is 4.79 Å². The number of ether oxygens (including phenoxy) is 2. The maximum Gasteiger partial charge on any atom is 0.290 e. The predicted molar refractivity (Wildman–Crippen MR) is 138 cm³/mol. The van der Waals surface area contributed by atoms with Gasteiger partial charge < -0.3 is 33.9 Å². The van der Waals surface area contributed by atoms with Gasteiger partial charge in [-0.2, -0.15) is 0 Å². The summed E-state index contributed by atoms with van der Waals surface area (Å²) in [7, 11) is 1.51. The van der Waals surface area contributed by atoms with Gasteiger partial charge in [-0.15, -0.1) is 0 Å². The fourth-order valence-corrected chi connectivity index (χ4v) is 4.67. The van der Waals surface area contributed by atoms with Crippen molar-refractivity contribution in [1.82, 2.24) is 9.80 Å². The molecule has 0 saturated carbocycles. The molecule has 1 unspecified atom stereocenters. The molecule has 1 amide bonds. The van der Waals surface area contributed by atoms with Crippen molar-refractivity contribution in [2.45, 2.75) is 26.8 Å². The van der Waals surface area contributed by atoms with Gasteiger partial charge in [-0.1, -0.05) is 32.0 Å². The van der Waals surface area contributed by atoms with Gasteiger partial charge in [0.25, 0.3) is 5.91 Å². The number of Topliss-reactive ketones (excluding diaryl/α,β-unsaturated/α-hetero) is 1.